The van der Waals surface area contributed by atoms with Crippen molar-refractivity contribution in [1.82, 2.24) is 0 Å². The molecule has 0 saturated carbocycles. The molecule has 0 atom stereocenters. The van der Waals surface area contributed by atoms with Crippen LogP contribution in [0.4, 0.5) is 0 Å². The number of nitrogens with zero attached hydrogens (tertiary/aromatic N) is 1. The Morgan fingerprint density at radius 3 is 1.94 bits per heavy atom. The maximum atomic E-state index is 9.91. The highest BCUT2D eigenvalue weighted by molar-refractivity contribution is 6.60. The first-order valence-corrected chi connectivity index (χ1v) is 8.63. The minimum absolute atomic E-state index is 0.552. The second-order valence-electron chi connectivity index (χ2n) is 3.77. The zero-order valence-corrected chi connectivity index (χ0v) is 12.7. The van der Waals surface area contributed by atoms with Gasteiger partial charge in [0.25, 0.3) is 0 Å². The fourth-order valence-electron chi connectivity index (χ4n) is 1.76. The molecule has 0 saturated heterocycles. The van der Waals surface area contributed by atoms with Crippen LogP contribution in [0.1, 0.15) is 40.0 Å². The van der Waals surface area contributed by atoms with Crippen molar-refractivity contribution >= 4 is 14.9 Å². The van der Waals surface area contributed by atoms with Crippen LogP contribution in [0.2, 0.25) is 6.04 Å². The van der Waals surface area contributed by atoms with E-state index in [2.05, 4.69) is 4.99 Å². The van der Waals surface area contributed by atoms with Crippen molar-refractivity contribution in [2.45, 2.75) is 46.1 Å². The summed E-state index contributed by atoms with van der Waals surface area (Å²) in [5.41, 5.74) is 0. The molecule has 0 N–H and O–H groups in total. The van der Waals surface area contributed by atoms with Gasteiger partial charge in [0.1, 0.15) is 0 Å². The smallest absolute Gasteiger partial charge is 0.374 e. The number of rotatable bonds is 12. The molecule has 0 rings (SSSR count). The van der Waals surface area contributed by atoms with Crippen molar-refractivity contribution in [1.29, 1.82) is 0 Å². The first-order valence-electron chi connectivity index (χ1n) is 6.70. The molecule has 0 aliphatic rings. The van der Waals surface area contributed by atoms with Gasteiger partial charge in [-0.15, -0.1) is 0 Å². The normalized spacial score (nSPS) is 11.3. The zero-order chi connectivity index (χ0) is 13.7. The second kappa shape index (κ2) is 11.6. The Labute approximate surface area is 111 Å². The topological polar surface area (TPSA) is 57.1 Å². The molecule has 106 valence electrons. The van der Waals surface area contributed by atoms with Gasteiger partial charge < -0.3 is 13.3 Å². The fraction of sp³-hybridized carbons (Fsp3) is 0.917. The summed E-state index contributed by atoms with van der Waals surface area (Å²) in [6.45, 7) is 8.26. The molecule has 0 aliphatic heterocycles. The maximum Gasteiger partial charge on any atom is 0.500 e. The van der Waals surface area contributed by atoms with E-state index in [-0.39, 0.29) is 0 Å². The van der Waals surface area contributed by atoms with E-state index in [4.69, 9.17) is 13.3 Å². The Kier molecular flexibility index (Phi) is 11.2. The Bertz CT molecular complexity index is 227. The van der Waals surface area contributed by atoms with Gasteiger partial charge in [0, 0.05) is 25.9 Å². The number of isocyanates is 1. The molecule has 0 aromatic rings. The Hall–Kier alpha value is -0.523. The Balaban J connectivity index is 4.08. The molecule has 0 aliphatic carbocycles. The van der Waals surface area contributed by atoms with Crippen molar-refractivity contribution in [3.05, 3.63) is 0 Å². The zero-order valence-electron chi connectivity index (χ0n) is 11.7. The lowest BCUT2D eigenvalue weighted by molar-refractivity contribution is 0.0706. The van der Waals surface area contributed by atoms with E-state index >= 15 is 0 Å². The summed E-state index contributed by atoms with van der Waals surface area (Å²) < 4.78 is 17.2. The van der Waals surface area contributed by atoms with Crippen LogP contribution in [0, 0.1) is 0 Å². The number of aliphatic imine (C=N–C) groups is 1. The summed E-state index contributed by atoms with van der Waals surface area (Å²) in [4.78, 5) is 13.4. The summed E-state index contributed by atoms with van der Waals surface area (Å²) in [5, 5.41) is 0. The molecule has 5 nitrogen and oxygen atoms in total. The number of carbonyl (C=O) groups excluding carboxylic acids is 1. The molecule has 0 bridgehead atoms. The summed E-state index contributed by atoms with van der Waals surface area (Å²) >= 11 is 0. The van der Waals surface area contributed by atoms with Gasteiger partial charge in [-0.2, -0.15) is 0 Å². The van der Waals surface area contributed by atoms with Gasteiger partial charge in [-0.3, -0.25) is 0 Å². The molecule has 0 aromatic carbocycles. The second-order valence-corrected chi connectivity index (χ2v) is 6.50. The van der Waals surface area contributed by atoms with Crippen LogP contribution in [-0.2, 0) is 18.1 Å². The van der Waals surface area contributed by atoms with Crippen molar-refractivity contribution < 1.29 is 18.1 Å². The molecule has 18 heavy (non-hydrogen) atoms. The van der Waals surface area contributed by atoms with Crippen LogP contribution in [0.15, 0.2) is 4.99 Å². The SMILES string of the molecule is CCO[Si](CCCCCN=C=O)(OCC)OCC. The van der Waals surface area contributed by atoms with Crippen molar-refractivity contribution in [3.8, 4) is 0 Å². The van der Waals surface area contributed by atoms with Crippen LogP contribution in [-0.4, -0.2) is 41.2 Å². The molecule has 0 aromatic heterocycles. The number of unbranched alkanes of at least 4 members (excludes halogenated alkanes) is 2. The van der Waals surface area contributed by atoms with Crippen molar-refractivity contribution in [3.63, 3.8) is 0 Å². The quantitative estimate of drug-likeness (QED) is 0.238. The third-order valence-electron chi connectivity index (χ3n) is 2.41. The van der Waals surface area contributed by atoms with Gasteiger partial charge in [0.2, 0.25) is 6.08 Å². The van der Waals surface area contributed by atoms with E-state index < -0.39 is 8.80 Å². The molecule has 0 fully saturated rings. The maximum absolute atomic E-state index is 9.91. The van der Waals surface area contributed by atoms with Crippen LogP contribution in [0.25, 0.3) is 0 Å². The van der Waals surface area contributed by atoms with Crippen LogP contribution in [0.3, 0.4) is 0 Å². The lowest BCUT2D eigenvalue weighted by atomic mass is 10.2. The van der Waals surface area contributed by atoms with Gasteiger partial charge >= 0.3 is 8.80 Å². The third kappa shape index (κ3) is 7.74. The highest BCUT2D eigenvalue weighted by atomic mass is 28.4. The Morgan fingerprint density at radius 1 is 0.944 bits per heavy atom. The van der Waals surface area contributed by atoms with E-state index in [1.54, 1.807) is 6.08 Å². The van der Waals surface area contributed by atoms with Gasteiger partial charge in [-0.05, 0) is 33.6 Å². The first kappa shape index (κ1) is 17.5. The van der Waals surface area contributed by atoms with Crippen molar-refractivity contribution in [2.24, 2.45) is 4.99 Å². The van der Waals surface area contributed by atoms with Crippen LogP contribution in [0.5, 0.6) is 0 Å². The van der Waals surface area contributed by atoms with Gasteiger partial charge in [-0.1, -0.05) is 6.42 Å². The average molecular weight is 275 g/mol. The highest BCUT2D eigenvalue weighted by Crippen LogP contribution is 2.19. The van der Waals surface area contributed by atoms with E-state index in [1.165, 1.54) is 0 Å². The van der Waals surface area contributed by atoms with Gasteiger partial charge in [-0.25, -0.2) is 9.79 Å². The summed E-state index contributed by atoms with van der Waals surface area (Å²) in [6, 6.07) is 0.827. The first-order chi connectivity index (χ1) is 8.74. The summed E-state index contributed by atoms with van der Waals surface area (Å²) in [7, 11) is -2.47. The third-order valence-corrected chi connectivity index (χ3v) is 5.56. The largest absolute Gasteiger partial charge is 0.500 e. The molecule has 0 heterocycles. The van der Waals surface area contributed by atoms with E-state index in [1.807, 2.05) is 20.8 Å². The minimum atomic E-state index is -2.47. The molecule has 0 amide bonds. The lowest BCUT2D eigenvalue weighted by Gasteiger charge is -2.28. The predicted molar refractivity (Wildman–Crippen MR) is 72.3 cm³/mol. The van der Waals surface area contributed by atoms with Crippen LogP contribution < -0.4 is 0 Å². The summed E-state index contributed by atoms with van der Waals surface area (Å²) in [6.07, 6.45) is 4.40. The fourth-order valence-corrected chi connectivity index (χ4v) is 4.44. The molecule has 0 unspecified atom stereocenters. The van der Waals surface area contributed by atoms with Gasteiger partial charge in [0.05, 0.1) is 6.54 Å². The number of hydrogen-bond acceptors (Lipinski definition) is 5. The predicted octanol–water partition coefficient (Wildman–Crippen LogP) is 2.54. The minimum Gasteiger partial charge on any atom is -0.374 e. The van der Waals surface area contributed by atoms with Crippen LogP contribution >= 0.6 is 0 Å². The van der Waals surface area contributed by atoms with E-state index in [0.717, 1.165) is 25.3 Å². The highest BCUT2D eigenvalue weighted by Gasteiger charge is 2.39. The molecular weight excluding hydrogens is 250 g/mol. The number of hydrogen-bond donors (Lipinski definition) is 0. The molecule has 0 radical (unpaired) electrons. The van der Waals surface area contributed by atoms with Crippen molar-refractivity contribution in [2.75, 3.05) is 26.4 Å². The molecule has 0 spiro atoms. The monoisotopic (exact) mass is 275 g/mol. The molecule has 6 heteroatoms. The molecular formula is C12H25NO4Si. The average Bonchev–Trinajstić information content (AvgIpc) is 2.35. The van der Waals surface area contributed by atoms with E-state index in [9.17, 15) is 4.79 Å². The Morgan fingerprint density at radius 2 is 1.50 bits per heavy atom. The summed E-state index contributed by atoms with van der Waals surface area (Å²) in [5.74, 6) is 0. The van der Waals surface area contributed by atoms with E-state index in [0.29, 0.717) is 26.4 Å². The standard InChI is InChI=1S/C12H25NO4Si/c1-4-15-18(16-5-2,17-6-3)11-9-7-8-10-13-12-14/h4-11H2,1-3H3. The van der Waals surface area contributed by atoms with Gasteiger partial charge in [0.15, 0.2) is 0 Å². The lowest BCUT2D eigenvalue weighted by Crippen LogP contribution is -2.45.